The van der Waals surface area contributed by atoms with Crippen molar-refractivity contribution in [3.63, 3.8) is 0 Å². The Morgan fingerprint density at radius 2 is 1.17 bits per heavy atom. The lowest BCUT2D eigenvalue weighted by Crippen LogP contribution is -2.06. The molecule has 0 fully saturated rings. The first-order valence-corrected chi connectivity index (χ1v) is 6.87. The molecule has 0 aliphatic carbocycles. The summed E-state index contributed by atoms with van der Waals surface area (Å²) >= 11 is 5.91. The van der Waals surface area contributed by atoms with Crippen LogP contribution in [-0.2, 0) is 0 Å². The van der Waals surface area contributed by atoms with Gasteiger partial charge in [-0.25, -0.2) is 9.97 Å². The summed E-state index contributed by atoms with van der Waals surface area (Å²) in [5, 5.41) is 5.81. The van der Waals surface area contributed by atoms with Gasteiger partial charge in [0.05, 0.1) is 0 Å². The van der Waals surface area contributed by atoms with Crippen molar-refractivity contribution in [2.75, 3.05) is 22.1 Å². The SMILES string of the molecule is Nc1cccc(Nc2nc(Cl)nc(Nc3cccc(N)n3)n2)n1. The van der Waals surface area contributed by atoms with Gasteiger partial charge in [0, 0.05) is 0 Å². The molecule has 3 aromatic rings. The molecule has 0 aliphatic rings. The number of rotatable bonds is 4. The molecular weight excluding hydrogens is 318 g/mol. The number of hydrogen-bond acceptors (Lipinski definition) is 9. The molecule has 0 saturated heterocycles. The molecule has 0 saturated carbocycles. The van der Waals surface area contributed by atoms with Crippen molar-refractivity contribution in [3.05, 3.63) is 41.7 Å². The second-order valence-electron chi connectivity index (χ2n) is 4.40. The van der Waals surface area contributed by atoms with Crippen LogP contribution in [-0.4, -0.2) is 24.9 Å². The van der Waals surface area contributed by atoms with Crippen molar-refractivity contribution in [1.82, 2.24) is 24.9 Å². The van der Waals surface area contributed by atoms with Crippen LogP contribution in [0.4, 0.5) is 35.2 Å². The highest BCUT2D eigenvalue weighted by Crippen LogP contribution is 2.17. The molecule has 0 atom stereocenters. The molecule has 3 aromatic heterocycles. The van der Waals surface area contributed by atoms with E-state index in [1.165, 1.54) is 0 Å². The van der Waals surface area contributed by atoms with Gasteiger partial charge in [-0.1, -0.05) is 12.1 Å². The molecule has 9 nitrogen and oxygen atoms in total. The second kappa shape index (κ2) is 6.28. The van der Waals surface area contributed by atoms with Crippen LogP contribution in [0.25, 0.3) is 0 Å². The highest BCUT2D eigenvalue weighted by molar-refractivity contribution is 6.28. The molecule has 0 radical (unpaired) electrons. The van der Waals surface area contributed by atoms with Crippen LogP contribution in [0.3, 0.4) is 0 Å². The van der Waals surface area contributed by atoms with E-state index >= 15 is 0 Å². The topological polar surface area (TPSA) is 141 Å². The summed E-state index contributed by atoms with van der Waals surface area (Å²) < 4.78 is 0. The molecule has 3 rings (SSSR count). The number of nitrogen functional groups attached to an aromatic ring is 2. The number of halogens is 1. The zero-order valence-electron chi connectivity index (χ0n) is 11.7. The zero-order chi connectivity index (χ0) is 16.2. The first-order chi connectivity index (χ1) is 11.1. The van der Waals surface area contributed by atoms with E-state index in [0.717, 1.165) is 0 Å². The van der Waals surface area contributed by atoms with Crippen molar-refractivity contribution >= 4 is 46.8 Å². The van der Waals surface area contributed by atoms with Gasteiger partial charge in [-0.05, 0) is 35.9 Å². The summed E-state index contributed by atoms with van der Waals surface area (Å²) in [6, 6.07) is 10.3. The highest BCUT2D eigenvalue weighted by Gasteiger charge is 2.07. The van der Waals surface area contributed by atoms with Crippen LogP contribution >= 0.6 is 11.6 Å². The van der Waals surface area contributed by atoms with E-state index in [1.807, 2.05) is 0 Å². The number of nitrogens with one attached hydrogen (secondary N) is 2. The van der Waals surface area contributed by atoms with Gasteiger partial charge in [0.2, 0.25) is 17.2 Å². The third-order valence-corrected chi connectivity index (χ3v) is 2.80. The normalized spacial score (nSPS) is 10.3. The van der Waals surface area contributed by atoms with Gasteiger partial charge in [-0.15, -0.1) is 0 Å². The van der Waals surface area contributed by atoms with Crippen LogP contribution in [0.5, 0.6) is 0 Å². The molecule has 23 heavy (non-hydrogen) atoms. The van der Waals surface area contributed by atoms with Gasteiger partial charge in [-0.3, -0.25) is 0 Å². The van der Waals surface area contributed by atoms with Crippen molar-refractivity contribution in [2.24, 2.45) is 0 Å². The number of nitrogens with two attached hydrogens (primary N) is 2. The fraction of sp³-hybridized carbons (Fsp3) is 0. The molecule has 0 spiro atoms. The lowest BCUT2D eigenvalue weighted by atomic mass is 10.4. The molecule has 0 amide bonds. The maximum atomic E-state index is 5.91. The van der Waals surface area contributed by atoms with Crippen molar-refractivity contribution in [2.45, 2.75) is 0 Å². The summed E-state index contributed by atoms with van der Waals surface area (Å²) in [5.41, 5.74) is 11.3. The van der Waals surface area contributed by atoms with Gasteiger partial charge in [0.1, 0.15) is 23.3 Å². The summed E-state index contributed by atoms with van der Waals surface area (Å²) in [4.78, 5) is 20.4. The molecule has 10 heteroatoms. The van der Waals surface area contributed by atoms with Crippen LogP contribution in [0.2, 0.25) is 5.28 Å². The first-order valence-electron chi connectivity index (χ1n) is 6.49. The van der Waals surface area contributed by atoms with Gasteiger partial charge in [0.15, 0.2) is 0 Å². The zero-order valence-corrected chi connectivity index (χ0v) is 12.5. The molecular formula is C13H12ClN9. The van der Waals surface area contributed by atoms with E-state index in [2.05, 4.69) is 35.6 Å². The van der Waals surface area contributed by atoms with Crippen LogP contribution < -0.4 is 22.1 Å². The van der Waals surface area contributed by atoms with E-state index in [-0.39, 0.29) is 17.2 Å². The molecule has 0 unspecified atom stereocenters. The van der Waals surface area contributed by atoms with Gasteiger partial charge in [0.25, 0.3) is 0 Å². The van der Waals surface area contributed by atoms with Crippen molar-refractivity contribution < 1.29 is 0 Å². The predicted octanol–water partition coefficient (Wildman–Crippen LogP) is 1.97. The summed E-state index contributed by atoms with van der Waals surface area (Å²) in [7, 11) is 0. The number of pyridine rings is 2. The highest BCUT2D eigenvalue weighted by atomic mass is 35.5. The standard InChI is InChI=1S/C13H12ClN9/c14-11-21-12(19-9-5-1-3-7(15)17-9)23-13(22-11)20-10-6-2-4-8(16)18-10/h1-6H,(H6,15,16,17,18,19,20,21,22,23). The largest absolute Gasteiger partial charge is 0.384 e. The average molecular weight is 330 g/mol. The first kappa shape index (κ1) is 14.7. The Hall–Kier alpha value is -3.20. The maximum absolute atomic E-state index is 5.91. The van der Waals surface area contributed by atoms with E-state index < -0.39 is 0 Å². The predicted molar refractivity (Wildman–Crippen MR) is 88.7 cm³/mol. The molecule has 0 bridgehead atoms. The number of anilines is 6. The molecule has 6 N–H and O–H groups in total. The smallest absolute Gasteiger partial charge is 0.234 e. The minimum absolute atomic E-state index is 0.0119. The Morgan fingerprint density at radius 3 is 1.61 bits per heavy atom. The van der Waals surface area contributed by atoms with Gasteiger partial charge < -0.3 is 22.1 Å². The number of aromatic nitrogens is 5. The molecule has 0 aliphatic heterocycles. The summed E-state index contributed by atoms with van der Waals surface area (Å²) in [5.74, 6) is 2.15. The Morgan fingerprint density at radius 1 is 0.696 bits per heavy atom. The maximum Gasteiger partial charge on any atom is 0.234 e. The van der Waals surface area contributed by atoms with Gasteiger partial charge in [-0.2, -0.15) is 15.0 Å². The fourth-order valence-electron chi connectivity index (χ4n) is 1.73. The quantitative estimate of drug-likeness (QED) is 0.565. The third kappa shape index (κ3) is 3.92. The second-order valence-corrected chi connectivity index (χ2v) is 4.74. The van der Waals surface area contributed by atoms with Crippen LogP contribution in [0.1, 0.15) is 0 Å². The van der Waals surface area contributed by atoms with Crippen molar-refractivity contribution in [3.8, 4) is 0 Å². The van der Waals surface area contributed by atoms with Gasteiger partial charge >= 0.3 is 0 Å². The minimum atomic E-state index is 0.0119. The molecule has 0 aromatic carbocycles. The Kier molecular flexibility index (Phi) is 4.02. The molecule has 116 valence electrons. The van der Waals surface area contributed by atoms with E-state index in [1.54, 1.807) is 36.4 Å². The van der Waals surface area contributed by atoms with E-state index in [4.69, 9.17) is 23.1 Å². The number of nitrogens with zero attached hydrogens (tertiary/aromatic N) is 5. The number of hydrogen-bond donors (Lipinski definition) is 4. The van der Waals surface area contributed by atoms with Crippen LogP contribution in [0, 0.1) is 0 Å². The fourth-order valence-corrected chi connectivity index (χ4v) is 1.89. The summed E-state index contributed by atoms with van der Waals surface area (Å²) in [6.07, 6.45) is 0. The van der Waals surface area contributed by atoms with Crippen molar-refractivity contribution in [1.29, 1.82) is 0 Å². The minimum Gasteiger partial charge on any atom is -0.384 e. The lowest BCUT2D eigenvalue weighted by molar-refractivity contribution is 1.05. The Bertz CT molecular complexity index is 773. The van der Waals surface area contributed by atoms with E-state index in [9.17, 15) is 0 Å². The lowest BCUT2D eigenvalue weighted by Gasteiger charge is -2.08. The average Bonchev–Trinajstić information content (AvgIpc) is 2.46. The monoisotopic (exact) mass is 329 g/mol. The Balaban J connectivity index is 1.84. The Labute approximate surface area is 136 Å². The van der Waals surface area contributed by atoms with E-state index in [0.29, 0.717) is 23.3 Å². The summed E-state index contributed by atoms with van der Waals surface area (Å²) in [6.45, 7) is 0. The third-order valence-electron chi connectivity index (χ3n) is 2.63. The van der Waals surface area contributed by atoms with Crippen LogP contribution in [0.15, 0.2) is 36.4 Å². The molecule has 3 heterocycles.